The summed E-state index contributed by atoms with van der Waals surface area (Å²) in [4.78, 5) is 73.4. The van der Waals surface area contributed by atoms with Gasteiger partial charge in [-0.2, -0.15) is 9.97 Å². The zero-order valence-electron chi connectivity index (χ0n) is 43.1. The Morgan fingerprint density at radius 2 is 1.62 bits per heavy atom. The Balaban J connectivity index is 0.000000155. The van der Waals surface area contributed by atoms with Gasteiger partial charge in [0, 0.05) is 69.1 Å². The Morgan fingerprint density at radius 3 is 2.39 bits per heavy atom. The summed E-state index contributed by atoms with van der Waals surface area (Å²) >= 11 is 0. The number of hydrogen-bond donors (Lipinski definition) is 2. The number of imide groups is 1. The molecule has 2 unspecified atom stereocenters. The minimum Gasteiger partial charge on any atom is -0.508 e. The number of anilines is 2. The highest BCUT2D eigenvalue weighted by molar-refractivity contribution is 6.06. The molecule has 0 saturated carbocycles. The number of nitrogens with one attached hydrogen (secondary N) is 1. The maximum Gasteiger partial charge on any atom is 0.409 e. The lowest BCUT2D eigenvalue weighted by Gasteiger charge is -2.37. The molecular weight excluding hydrogens is 974 g/mol. The number of ether oxygens (including phenoxy) is 4. The van der Waals surface area contributed by atoms with Crippen molar-refractivity contribution in [2.45, 2.75) is 120 Å². The van der Waals surface area contributed by atoms with Crippen LogP contribution in [0.4, 0.5) is 20.7 Å². The number of hydrogen-bond acceptors (Lipinski definition) is 15. The quantitative estimate of drug-likeness (QED) is 0.152. The van der Waals surface area contributed by atoms with E-state index < -0.39 is 11.9 Å². The third-order valence-electron chi connectivity index (χ3n) is 17.2. The molecule has 0 bridgehead atoms. The summed E-state index contributed by atoms with van der Waals surface area (Å²) in [6, 6.07) is 16.6. The van der Waals surface area contributed by atoms with Crippen molar-refractivity contribution >= 4 is 57.0 Å². The van der Waals surface area contributed by atoms with Gasteiger partial charge in [0.1, 0.15) is 35.4 Å². The molecule has 10 heterocycles. The number of phenols is 1. The van der Waals surface area contributed by atoms with E-state index in [1.165, 1.54) is 20.0 Å². The number of aromatic nitrogens is 3. The number of aromatic hydroxyl groups is 1. The summed E-state index contributed by atoms with van der Waals surface area (Å²) in [5.74, 6) is -0.567. The Labute approximate surface area is 440 Å². The first-order valence-electron chi connectivity index (χ1n) is 27.4. The van der Waals surface area contributed by atoms with E-state index in [0.717, 1.165) is 112 Å². The number of fused-ring (bicyclic) bond motifs is 5. The van der Waals surface area contributed by atoms with Crippen LogP contribution in [0.1, 0.15) is 98.7 Å². The van der Waals surface area contributed by atoms with E-state index in [1.54, 1.807) is 21.9 Å². The lowest BCUT2D eigenvalue weighted by molar-refractivity contribution is -0.136. The molecular formula is C57H66FN9O9. The molecule has 4 amide bonds. The van der Waals surface area contributed by atoms with Crippen LogP contribution in [0.15, 0.2) is 54.6 Å². The van der Waals surface area contributed by atoms with Gasteiger partial charge in [-0.1, -0.05) is 24.3 Å². The summed E-state index contributed by atoms with van der Waals surface area (Å²) < 4.78 is 40.3. The highest BCUT2D eigenvalue weighted by Crippen LogP contribution is 2.43. The molecule has 18 nitrogen and oxygen atoms in total. The highest BCUT2D eigenvalue weighted by Gasteiger charge is 2.45. The van der Waals surface area contributed by atoms with E-state index in [9.17, 15) is 24.3 Å². The number of aryl methyl sites for hydroxylation is 1. The maximum absolute atomic E-state index is 16.8. The van der Waals surface area contributed by atoms with Gasteiger partial charge >= 0.3 is 12.1 Å². The minimum absolute atomic E-state index is 0.0268. The predicted octanol–water partition coefficient (Wildman–Crippen LogP) is 6.90. The van der Waals surface area contributed by atoms with Gasteiger partial charge < -0.3 is 43.7 Å². The molecule has 3 aromatic carbocycles. The number of carbonyl (C=O) groups excluding carboxylic acids is 4. The summed E-state index contributed by atoms with van der Waals surface area (Å²) in [6.45, 7) is 8.25. The molecule has 19 heteroatoms. The average molecular weight is 1040 g/mol. The second kappa shape index (κ2) is 21.0. The van der Waals surface area contributed by atoms with Crippen LogP contribution in [0.2, 0.25) is 0 Å². The number of benzene rings is 3. The van der Waals surface area contributed by atoms with Crippen molar-refractivity contribution in [2.24, 2.45) is 0 Å². The lowest BCUT2D eigenvalue weighted by Crippen LogP contribution is -2.52. The first kappa shape index (κ1) is 50.1. The zero-order valence-corrected chi connectivity index (χ0v) is 43.1. The van der Waals surface area contributed by atoms with Crippen LogP contribution in [-0.2, 0) is 36.8 Å². The second-order valence-corrected chi connectivity index (χ2v) is 21.7. The van der Waals surface area contributed by atoms with Crippen LogP contribution in [0.5, 0.6) is 11.8 Å². The number of carbonyl (C=O) groups is 4. The van der Waals surface area contributed by atoms with E-state index >= 15 is 4.39 Å². The van der Waals surface area contributed by atoms with Gasteiger partial charge in [-0.05, 0) is 137 Å². The van der Waals surface area contributed by atoms with Crippen LogP contribution in [0.3, 0.4) is 0 Å². The Kier molecular flexibility index (Phi) is 13.9. The molecule has 8 aliphatic heterocycles. The standard InChI is InChI=1S/C32H34FN5O3.C25H32N4O6/c33-27-28(24-17-22(39)16-20-6-1-2-7-23(20)24)34-25-9-8-21-18-40-15-5-14-38(21)30-26(25)29(27)35-31(36-30)41-19-32-10-3-12-37(32)13-4-11-32;1-34-25(33)28-12-8-19(9-13-28)35-18-6-10-27(11-7-18)17-2-3-20-16(14-17)15-29(24(20)32)21-4-5-22(30)26-23(21)31/h1-2,6-7,16-17,21,39H,3-5,8-15,18-19H2;2-3,14,18-19,21H,4-13,15H2,1H3,(H,26,30,31). The fraction of sp³-hybridized carbons (Fsp3) is 0.526. The van der Waals surface area contributed by atoms with Gasteiger partial charge in [-0.3, -0.25) is 24.6 Å². The number of likely N-dealkylation sites (tertiary alicyclic amines) is 1. The van der Waals surface area contributed by atoms with E-state index in [0.29, 0.717) is 74.6 Å². The molecule has 8 aliphatic rings. The van der Waals surface area contributed by atoms with E-state index in [4.69, 9.17) is 33.9 Å². The van der Waals surface area contributed by atoms with Crippen molar-refractivity contribution < 1.29 is 47.6 Å². The Hall–Kier alpha value is -6.70. The summed E-state index contributed by atoms with van der Waals surface area (Å²) in [5.41, 5.74) is 4.41. The van der Waals surface area contributed by atoms with Crippen molar-refractivity contribution in [3.05, 3.63) is 77.2 Å². The van der Waals surface area contributed by atoms with Crippen molar-refractivity contribution in [1.82, 2.24) is 35.0 Å². The predicted molar refractivity (Wildman–Crippen MR) is 281 cm³/mol. The van der Waals surface area contributed by atoms with E-state index in [2.05, 4.69) is 26.1 Å². The fourth-order valence-corrected chi connectivity index (χ4v) is 13.2. The third kappa shape index (κ3) is 9.63. The molecule has 2 aromatic heterocycles. The largest absolute Gasteiger partial charge is 0.508 e. The van der Waals surface area contributed by atoms with Crippen molar-refractivity contribution in [1.29, 1.82) is 0 Å². The van der Waals surface area contributed by atoms with Crippen LogP contribution < -0.4 is 19.9 Å². The molecule has 13 rings (SSSR count). The highest BCUT2D eigenvalue weighted by atomic mass is 19.1. The number of rotatable bonds is 8. The van der Waals surface area contributed by atoms with Crippen LogP contribution in [0.25, 0.3) is 32.9 Å². The molecule has 0 aliphatic carbocycles. The van der Waals surface area contributed by atoms with Gasteiger partial charge in [0.15, 0.2) is 5.82 Å². The van der Waals surface area contributed by atoms with Gasteiger partial charge in [0.25, 0.3) is 5.91 Å². The summed E-state index contributed by atoms with van der Waals surface area (Å²) in [7, 11) is 1.41. The third-order valence-corrected chi connectivity index (χ3v) is 17.2. The monoisotopic (exact) mass is 1040 g/mol. The molecule has 2 N–H and O–H groups in total. The maximum atomic E-state index is 16.8. The average Bonchev–Trinajstić information content (AvgIpc) is 4.15. The molecule has 0 radical (unpaired) electrons. The number of piperidine rings is 3. The van der Waals surface area contributed by atoms with Gasteiger partial charge in [0.05, 0.1) is 48.6 Å². The number of halogens is 1. The number of methoxy groups -OCH3 is 1. The van der Waals surface area contributed by atoms with Crippen molar-refractivity contribution in [2.75, 3.05) is 82.5 Å². The van der Waals surface area contributed by atoms with Crippen LogP contribution >= 0.6 is 0 Å². The topological polar surface area (TPSA) is 192 Å². The molecule has 76 heavy (non-hydrogen) atoms. The number of nitrogens with zero attached hydrogens (tertiary/aromatic N) is 8. The smallest absolute Gasteiger partial charge is 0.409 e. The summed E-state index contributed by atoms with van der Waals surface area (Å²) in [6.07, 6.45) is 11.2. The number of phenolic OH excluding ortho intramolecular Hbond substituents is 1. The molecule has 6 fully saturated rings. The van der Waals surface area contributed by atoms with Crippen molar-refractivity contribution in [3.63, 3.8) is 0 Å². The molecule has 6 saturated heterocycles. The van der Waals surface area contributed by atoms with E-state index in [-0.39, 0.29) is 77.0 Å². The first-order valence-corrected chi connectivity index (χ1v) is 27.4. The van der Waals surface area contributed by atoms with E-state index in [1.807, 2.05) is 36.4 Å². The normalized spacial score (nSPS) is 22.9. The molecule has 400 valence electrons. The van der Waals surface area contributed by atoms with Crippen LogP contribution in [0, 0.1) is 5.82 Å². The lowest BCUT2D eigenvalue weighted by atomic mass is 9.95. The van der Waals surface area contributed by atoms with Gasteiger partial charge in [-0.15, -0.1) is 0 Å². The van der Waals surface area contributed by atoms with Gasteiger partial charge in [-0.25, -0.2) is 14.2 Å². The minimum atomic E-state index is -0.594. The molecule has 2 atom stereocenters. The SMILES string of the molecule is COC(=O)N1CCC(OC2CCN(c3ccc4c(c3)CN(C3CCC(=O)NC3=O)C4=O)CC2)CC1.Oc1cc(-c2nc3c4c(nc(OCC56CCCN5CCC6)nc4c2F)N2CCCOCC2CC3)c2ccccc2c1. The summed E-state index contributed by atoms with van der Waals surface area (Å²) in [5, 5.41) is 15.2. The second-order valence-electron chi connectivity index (χ2n) is 21.7. The zero-order chi connectivity index (χ0) is 52.1. The molecule has 5 aromatic rings. The molecule has 0 spiro atoms. The van der Waals surface area contributed by atoms with Crippen LogP contribution in [-0.4, -0.2) is 161 Å². The van der Waals surface area contributed by atoms with Crippen molar-refractivity contribution in [3.8, 4) is 23.0 Å². The Morgan fingerprint density at radius 1 is 0.842 bits per heavy atom. The van der Waals surface area contributed by atoms with Gasteiger partial charge in [0.2, 0.25) is 11.8 Å². The Bertz CT molecular complexity index is 3060. The number of amides is 4. The first-order chi connectivity index (χ1) is 37.0. The number of pyridine rings is 1. The fourth-order valence-electron chi connectivity index (χ4n) is 13.2.